The Bertz CT molecular complexity index is 456. The van der Waals surface area contributed by atoms with Gasteiger partial charge in [-0.2, -0.15) is 0 Å². The molecule has 68 valence electrons. The molecule has 0 fully saturated rings. The third-order valence-corrected chi connectivity index (χ3v) is 1.88. The summed E-state index contributed by atoms with van der Waals surface area (Å²) in [4.78, 5) is 12.8. The average molecular weight is 183 g/mol. The van der Waals surface area contributed by atoms with E-state index >= 15 is 0 Å². The Labute approximate surface area is 81.9 Å². The fraction of sp³-hybridized carbons (Fsp3) is 0. The van der Waals surface area contributed by atoms with Crippen LogP contribution in [0.5, 0.6) is 0 Å². The van der Waals surface area contributed by atoms with Gasteiger partial charge in [-0.25, -0.2) is 15.0 Å². The Kier molecular flexibility index (Phi) is 2.07. The van der Waals surface area contributed by atoms with Gasteiger partial charge in [0.05, 0.1) is 11.4 Å². The van der Waals surface area contributed by atoms with Crippen LogP contribution in [0.25, 0.3) is 23.3 Å². The van der Waals surface area contributed by atoms with Crippen molar-refractivity contribution in [1.82, 2.24) is 15.0 Å². The van der Waals surface area contributed by atoms with Crippen LogP contribution in [-0.2, 0) is 0 Å². The maximum Gasteiger partial charge on any atom is 0.178 e. The van der Waals surface area contributed by atoms with Crippen molar-refractivity contribution in [2.45, 2.75) is 0 Å². The zero-order chi connectivity index (χ0) is 9.97. The van der Waals surface area contributed by atoms with Gasteiger partial charge in [-0.05, 0) is 24.3 Å². The van der Waals surface area contributed by atoms with Crippen molar-refractivity contribution in [2.75, 3.05) is 0 Å². The molecule has 2 aromatic rings. The number of rotatable bonds is 2. The fourth-order valence-electron chi connectivity index (χ4n) is 1.22. The van der Waals surface area contributed by atoms with E-state index in [9.17, 15) is 0 Å². The largest absolute Gasteiger partial charge is 0.243 e. The Morgan fingerprint density at radius 3 is 2.50 bits per heavy atom. The highest BCUT2D eigenvalue weighted by Gasteiger charge is 2.02. The number of fused-ring (bicyclic) bond motifs is 1. The van der Waals surface area contributed by atoms with Crippen molar-refractivity contribution in [2.24, 2.45) is 0 Å². The molecule has 0 atom stereocenters. The summed E-state index contributed by atoms with van der Waals surface area (Å²) in [5.74, 6) is 0. The van der Waals surface area contributed by atoms with Gasteiger partial charge in [0.15, 0.2) is 5.65 Å². The topological polar surface area (TPSA) is 38.7 Å². The predicted molar refractivity (Wildman–Crippen MR) is 57.5 cm³/mol. The van der Waals surface area contributed by atoms with Gasteiger partial charge in [0.2, 0.25) is 0 Å². The van der Waals surface area contributed by atoms with Crippen molar-refractivity contribution in [3.8, 4) is 0 Å². The van der Waals surface area contributed by atoms with Gasteiger partial charge in [-0.1, -0.05) is 13.2 Å². The van der Waals surface area contributed by atoms with Gasteiger partial charge in [-0.3, -0.25) is 0 Å². The number of aromatic nitrogens is 3. The summed E-state index contributed by atoms with van der Waals surface area (Å²) in [7, 11) is 0. The zero-order valence-corrected chi connectivity index (χ0v) is 7.64. The van der Waals surface area contributed by atoms with Crippen molar-refractivity contribution in [1.29, 1.82) is 0 Å². The first-order valence-corrected chi connectivity index (χ1v) is 4.23. The van der Waals surface area contributed by atoms with Gasteiger partial charge in [0.1, 0.15) is 5.52 Å². The van der Waals surface area contributed by atoms with Crippen LogP contribution >= 0.6 is 0 Å². The van der Waals surface area contributed by atoms with Crippen LogP contribution in [0.2, 0.25) is 0 Å². The lowest BCUT2D eigenvalue weighted by atomic mass is 10.3. The van der Waals surface area contributed by atoms with E-state index in [1.165, 1.54) is 0 Å². The molecule has 0 amide bonds. The summed E-state index contributed by atoms with van der Waals surface area (Å²) < 4.78 is 0. The lowest BCUT2D eigenvalue weighted by Crippen LogP contribution is -1.94. The summed E-state index contributed by atoms with van der Waals surface area (Å²) in [5.41, 5.74) is 2.85. The molecule has 0 unspecified atom stereocenters. The number of nitrogens with zero attached hydrogens (tertiary/aromatic N) is 3. The maximum atomic E-state index is 4.35. The van der Waals surface area contributed by atoms with E-state index in [1.807, 2.05) is 12.1 Å². The first-order valence-electron chi connectivity index (χ1n) is 4.23. The second-order valence-electron chi connectivity index (χ2n) is 2.75. The molecule has 3 nitrogen and oxygen atoms in total. The minimum Gasteiger partial charge on any atom is -0.243 e. The van der Waals surface area contributed by atoms with E-state index in [0.29, 0.717) is 11.3 Å². The first kappa shape index (κ1) is 8.56. The van der Waals surface area contributed by atoms with Crippen LogP contribution in [-0.4, -0.2) is 15.0 Å². The Morgan fingerprint density at radius 2 is 1.79 bits per heavy atom. The van der Waals surface area contributed by atoms with E-state index in [1.54, 1.807) is 18.3 Å². The second-order valence-corrected chi connectivity index (χ2v) is 2.75. The van der Waals surface area contributed by atoms with Gasteiger partial charge in [0.25, 0.3) is 0 Å². The molecule has 0 spiro atoms. The predicted octanol–water partition coefficient (Wildman–Crippen LogP) is 2.31. The van der Waals surface area contributed by atoms with Gasteiger partial charge >= 0.3 is 0 Å². The van der Waals surface area contributed by atoms with Crippen LogP contribution in [0.4, 0.5) is 0 Å². The molecule has 3 heteroatoms. The quantitative estimate of drug-likeness (QED) is 0.717. The maximum absolute atomic E-state index is 4.35. The molecule has 0 saturated carbocycles. The number of pyridine rings is 1. The molecule has 2 aromatic heterocycles. The van der Waals surface area contributed by atoms with E-state index in [4.69, 9.17) is 0 Å². The minimum atomic E-state index is 0.632. The Balaban J connectivity index is 2.81. The molecule has 0 aromatic carbocycles. The van der Waals surface area contributed by atoms with Gasteiger partial charge < -0.3 is 0 Å². The third kappa shape index (κ3) is 1.29. The lowest BCUT2D eigenvalue weighted by molar-refractivity contribution is 1.19. The monoisotopic (exact) mass is 183 g/mol. The standard InChI is InChI=1S/C11H9N3/c1-3-8-9(4-2)14-11-10(13-8)6-5-7-12-11/h3-7H,1-2H2. The van der Waals surface area contributed by atoms with Crippen molar-refractivity contribution < 1.29 is 0 Å². The highest BCUT2D eigenvalue weighted by molar-refractivity contribution is 5.73. The van der Waals surface area contributed by atoms with Gasteiger partial charge in [0, 0.05) is 6.20 Å². The van der Waals surface area contributed by atoms with Crippen molar-refractivity contribution in [3.63, 3.8) is 0 Å². The molecule has 2 heterocycles. The highest BCUT2D eigenvalue weighted by Crippen LogP contribution is 2.12. The smallest absolute Gasteiger partial charge is 0.178 e. The number of hydrogen-bond donors (Lipinski definition) is 0. The average Bonchev–Trinajstić information content (AvgIpc) is 2.27. The summed E-state index contributed by atoms with van der Waals surface area (Å²) in [6.45, 7) is 7.34. The van der Waals surface area contributed by atoms with Crippen molar-refractivity contribution in [3.05, 3.63) is 42.9 Å². The van der Waals surface area contributed by atoms with E-state index in [0.717, 1.165) is 11.2 Å². The molecule has 0 aliphatic carbocycles. The second kappa shape index (κ2) is 3.38. The van der Waals surface area contributed by atoms with Crippen molar-refractivity contribution >= 4 is 23.3 Å². The summed E-state index contributed by atoms with van der Waals surface area (Å²) in [6.07, 6.45) is 5.01. The molecule has 0 bridgehead atoms. The summed E-state index contributed by atoms with van der Waals surface area (Å²) in [5, 5.41) is 0. The van der Waals surface area contributed by atoms with Crippen LogP contribution < -0.4 is 0 Å². The molecule has 0 aliphatic rings. The van der Waals surface area contributed by atoms with Crippen LogP contribution in [0, 0.1) is 0 Å². The van der Waals surface area contributed by atoms with Gasteiger partial charge in [-0.15, -0.1) is 0 Å². The van der Waals surface area contributed by atoms with Crippen LogP contribution in [0.1, 0.15) is 11.4 Å². The zero-order valence-electron chi connectivity index (χ0n) is 7.64. The molecule has 0 radical (unpaired) electrons. The molecule has 0 aliphatic heterocycles. The van der Waals surface area contributed by atoms with Crippen LogP contribution in [0.15, 0.2) is 31.5 Å². The van der Waals surface area contributed by atoms with E-state index < -0.39 is 0 Å². The molecule has 14 heavy (non-hydrogen) atoms. The molecular formula is C11H9N3. The molecule has 0 N–H and O–H groups in total. The fourth-order valence-corrected chi connectivity index (χ4v) is 1.22. The minimum absolute atomic E-state index is 0.632. The third-order valence-electron chi connectivity index (χ3n) is 1.88. The van der Waals surface area contributed by atoms with E-state index in [2.05, 4.69) is 28.1 Å². The number of hydrogen-bond acceptors (Lipinski definition) is 3. The van der Waals surface area contributed by atoms with E-state index in [-0.39, 0.29) is 0 Å². The summed E-state index contributed by atoms with van der Waals surface area (Å²) in [6, 6.07) is 3.70. The Morgan fingerprint density at radius 1 is 1.07 bits per heavy atom. The normalized spacial score (nSPS) is 10.0. The lowest BCUT2D eigenvalue weighted by Gasteiger charge is -2.01. The highest BCUT2D eigenvalue weighted by atomic mass is 14.9. The SMILES string of the molecule is C=Cc1nc2cccnc2nc1C=C. The van der Waals surface area contributed by atoms with Crippen LogP contribution in [0.3, 0.4) is 0 Å². The summed E-state index contributed by atoms with van der Waals surface area (Å²) >= 11 is 0. The Hall–Kier alpha value is -2.03. The molecule has 2 rings (SSSR count). The first-order chi connectivity index (χ1) is 6.85. The molecule has 0 saturated heterocycles. The molecular weight excluding hydrogens is 174 g/mol.